The standard InChI is InChI=1S/C23H34N4O3.HI/c1-6-9-21(28)27-19-11-8-10-18(13-19)14-25-22(24-7-2)26-15-23(5,29)20-12-16(3)30-17(20)4;/h8,10-13,29H,6-7,9,14-15H2,1-5H3,(H,27,28)(H2,24,25,26);1H. The van der Waals surface area contributed by atoms with Gasteiger partial charge in [0.15, 0.2) is 5.96 Å². The molecular weight excluding hydrogens is 507 g/mol. The molecule has 2 rings (SSSR count). The fraction of sp³-hybridized carbons (Fsp3) is 0.478. The zero-order chi connectivity index (χ0) is 22.1. The third-order valence-electron chi connectivity index (χ3n) is 4.67. The van der Waals surface area contributed by atoms with Gasteiger partial charge in [-0.1, -0.05) is 19.1 Å². The van der Waals surface area contributed by atoms with Gasteiger partial charge in [-0.3, -0.25) is 4.79 Å². The highest BCUT2D eigenvalue weighted by Crippen LogP contribution is 2.26. The summed E-state index contributed by atoms with van der Waals surface area (Å²) in [7, 11) is 0. The van der Waals surface area contributed by atoms with E-state index in [4.69, 9.17) is 4.42 Å². The van der Waals surface area contributed by atoms with Gasteiger partial charge in [0.2, 0.25) is 5.91 Å². The Kier molecular flexibility index (Phi) is 11.1. The molecule has 0 fully saturated rings. The Bertz CT molecular complexity index is 877. The molecule has 8 heteroatoms. The molecule has 1 aromatic carbocycles. The van der Waals surface area contributed by atoms with Gasteiger partial charge in [0.25, 0.3) is 0 Å². The zero-order valence-corrected chi connectivity index (χ0v) is 21.4. The summed E-state index contributed by atoms with van der Waals surface area (Å²) in [6.07, 6.45) is 1.32. The van der Waals surface area contributed by atoms with Gasteiger partial charge in [-0.2, -0.15) is 0 Å². The molecular formula is C23H35IN4O3. The van der Waals surface area contributed by atoms with Crippen molar-refractivity contribution in [3.63, 3.8) is 0 Å². The number of hydrogen-bond acceptors (Lipinski definition) is 4. The van der Waals surface area contributed by atoms with E-state index in [1.165, 1.54) is 0 Å². The summed E-state index contributed by atoms with van der Waals surface area (Å²) in [5, 5.41) is 20.2. The molecule has 1 heterocycles. The minimum Gasteiger partial charge on any atom is -0.466 e. The fourth-order valence-corrected chi connectivity index (χ4v) is 3.23. The molecule has 2 aromatic rings. The van der Waals surface area contributed by atoms with Gasteiger partial charge in [-0.25, -0.2) is 4.99 Å². The lowest BCUT2D eigenvalue weighted by Crippen LogP contribution is -2.44. The number of anilines is 1. The van der Waals surface area contributed by atoms with Crippen LogP contribution in [0.3, 0.4) is 0 Å². The van der Waals surface area contributed by atoms with Crippen molar-refractivity contribution >= 4 is 41.5 Å². The van der Waals surface area contributed by atoms with Crippen LogP contribution in [0.1, 0.15) is 56.3 Å². The largest absolute Gasteiger partial charge is 0.466 e. The Morgan fingerprint density at radius 2 is 1.94 bits per heavy atom. The second-order valence-corrected chi connectivity index (χ2v) is 7.65. The van der Waals surface area contributed by atoms with Gasteiger partial charge in [0.05, 0.1) is 13.1 Å². The molecule has 0 radical (unpaired) electrons. The van der Waals surface area contributed by atoms with E-state index < -0.39 is 5.60 Å². The Balaban J connectivity index is 0.00000480. The van der Waals surface area contributed by atoms with Gasteiger partial charge in [-0.15, -0.1) is 24.0 Å². The molecule has 0 aliphatic heterocycles. The van der Waals surface area contributed by atoms with E-state index in [-0.39, 0.29) is 36.4 Å². The number of guanidine groups is 1. The lowest BCUT2D eigenvalue weighted by molar-refractivity contribution is -0.116. The quantitative estimate of drug-likeness (QED) is 0.216. The van der Waals surface area contributed by atoms with E-state index in [9.17, 15) is 9.90 Å². The van der Waals surface area contributed by atoms with Crippen molar-refractivity contribution in [3.05, 3.63) is 53.0 Å². The Morgan fingerprint density at radius 3 is 2.55 bits per heavy atom. The number of carbonyl (C=O) groups excluding carboxylic acids is 1. The number of nitrogens with one attached hydrogen (secondary N) is 3. The van der Waals surface area contributed by atoms with Crippen LogP contribution in [0.15, 0.2) is 39.7 Å². The van der Waals surface area contributed by atoms with Crippen molar-refractivity contribution in [1.82, 2.24) is 10.6 Å². The first kappa shape index (κ1) is 27.0. The maximum absolute atomic E-state index is 11.8. The summed E-state index contributed by atoms with van der Waals surface area (Å²) in [5.74, 6) is 2.11. The SMILES string of the molecule is CCCC(=O)Nc1cccc(CN=C(NCC)NCC(C)(O)c2cc(C)oc2C)c1.I. The van der Waals surface area contributed by atoms with Crippen molar-refractivity contribution in [2.45, 2.75) is 59.6 Å². The van der Waals surface area contributed by atoms with Crippen molar-refractivity contribution in [2.75, 3.05) is 18.4 Å². The summed E-state index contributed by atoms with van der Waals surface area (Å²) >= 11 is 0. The maximum atomic E-state index is 11.8. The molecule has 1 atom stereocenters. The second-order valence-electron chi connectivity index (χ2n) is 7.65. The van der Waals surface area contributed by atoms with Crippen LogP contribution in [0, 0.1) is 13.8 Å². The van der Waals surface area contributed by atoms with Gasteiger partial charge in [0.1, 0.15) is 17.1 Å². The van der Waals surface area contributed by atoms with Crippen molar-refractivity contribution in [2.24, 2.45) is 4.99 Å². The number of aryl methyl sites for hydroxylation is 2. The maximum Gasteiger partial charge on any atom is 0.224 e. The summed E-state index contributed by atoms with van der Waals surface area (Å²) in [4.78, 5) is 16.4. The van der Waals surface area contributed by atoms with Gasteiger partial charge < -0.3 is 25.5 Å². The first-order chi connectivity index (χ1) is 14.2. The van der Waals surface area contributed by atoms with E-state index in [2.05, 4.69) is 20.9 Å². The van der Waals surface area contributed by atoms with Crippen LogP contribution in [0.5, 0.6) is 0 Å². The van der Waals surface area contributed by atoms with Crippen molar-refractivity contribution < 1.29 is 14.3 Å². The van der Waals surface area contributed by atoms with Crippen LogP contribution < -0.4 is 16.0 Å². The monoisotopic (exact) mass is 542 g/mol. The Morgan fingerprint density at radius 1 is 1.19 bits per heavy atom. The molecule has 31 heavy (non-hydrogen) atoms. The summed E-state index contributed by atoms with van der Waals surface area (Å²) in [5.41, 5.74) is 1.42. The van der Waals surface area contributed by atoms with Gasteiger partial charge in [-0.05, 0) is 57.9 Å². The number of rotatable bonds is 9. The lowest BCUT2D eigenvalue weighted by atomic mass is 9.96. The fourth-order valence-electron chi connectivity index (χ4n) is 3.23. The molecule has 0 aliphatic rings. The predicted molar refractivity (Wildman–Crippen MR) is 136 cm³/mol. The smallest absolute Gasteiger partial charge is 0.224 e. The van der Waals surface area contributed by atoms with E-state index in [1.54, 1.807) is 6.92 Å². The lowest BCUT2D eigenvalue weighted by Gasteiger charge is -2.24. The molecule has 172 valence electrons. The molecule has 1 aromatic heterocycles. The normalized spacial score (nSPS) is 13.2. The number of furan rings is 1. The van der Waals surface area contributed by atoms with Crippen molar-refractivity contribution in [1.29, 1.82) is 0 Å². The van der Waals surface area contributed by atoms with Crippen LogP contribution in [0.25, 0.3) is 0 Å². The summed E-state index contributed by atoms with van der Waals surface area (Å²) in [6.45, 7) is 10.9. The van der Waals surface area contributed by atoms with E-state index >= 15 is 0 Å². The molecule has 7 nitrogen and oxygen atoms in total. The Labute approximate surface area is 202 Å². The van der Waals surface area contributed by atoms with Crippen LogP contribution in [0.2, 0.25) is 0 Å². The molecule has 1 unspecified atom stereocenters. The molecule has 4 N–H and O–H groups in total. The highest BCUT2D eigenvalue weighted by molar-refractivity contribution is 14.0. The van der Waals surface area contributed by atoms with Crippen molar-refractivity contribution in [3.8, 4) is 0 Å². The third kappa shape index (κ3) is 8.53. The number of amides is 1. The van der Waals surface area contributed by atoms with E-state index in [1.807, 2.05) is 58.0 Å². The number of nitrogens with zero attached hydrogens (tertiary/aromatic N) is 1. The minimum absolute atomic E-state index is 0. The van der Waals surface area contributed by atoms with Crippen LogP contribution in [0.4, 0.5) is 5.69 Å². The number of benzene rings is 1. The number of carbonyl (C=O) groups is 1. The first-order valence-electron chi connectivity index (χ1n) is 10.5. The number of aliphatic hydroxyl groups is 1. The number of aliphatic imine (C=N–C) groups is 1. The number of halogens is 1. The highest BCUT2D eigenvalue weighted by atomic mass is 127. The van der Waals surface area contributed by atoms with Crippen LogP contribution >= 0.6 is 24.0 Å². The summed E-state index contributed by atoms with van der Waals surface area (Å²) < 4.78 is 5.55. The van der Waals surface area contributed by atoms with Gasteiger partial charge >= 0.3 is 0 Å². The van der Waals surface area contributed by atoms with E-state index in [0.717, 1.165) is 29.0 Å². The molecule has 0 saturated heterocycles. The topological polar surface area (TPSA) is 98.9 Å². The molecule has 0 saturated carbocycles. The van der Waals surface area contributed by atoms with Crippen LogP contribution in [-0.4, -0.2) is 30.1 Å². The van der Waals surface area contributed by atoms with E-state index in [0.29, 0.717) is 31.2 Å². The zero-order valence-electron chi connectivity index (χ0n) is 19.0. The third-order valence-corrected chi connectivity index (χ3v) is 4.67. The first-order valence-corrected chi connectivity index (χ1v) is 10.5. The molecule has 0 bridgehead atoms. The van der Waals surface area contributed by atoms with Crippen LogP contribution in [-0.2, 0) is 16.9 Å². The average molecular weight is 542 g/mol. The molecule has 1 amide bonds. The number of hydrogen-bond donors (Lipinski definition) is 4. The molecule has 0 aliphatic carbocycles. The molecule has 0 spiro atoms. The highest BCUT2D eigenvalue weighted by Gasteiger charge is 2.27. The Hall–Kier alpha value is -2.07. The van der Waals surface area contributed by atoms with Gasteiger partial charge in [0, 0.05) is 24.2 Å². The summed E-state index contributed by atoms with van der Waals surface area (Å²) in [6, 6.07) is 9.53. The second kappa shape index (κ2) is 12.7. The average Bonchev–Trinajstić information content (AvgIpc) is 3.03. The minimum atomic E-state index is -1.10. The predicted octanol–water partition coefficient (Wildman–Crippen LogP) is 4.22.